The Morgan fingerprint density at radius 2 is 1.76 bits per heavy atom. The minimum atomic E-state index is -0.755. The first-order chi connectivity index (χ1) is 13.8. The van der Waals surface area contributed by atoms with E-state index < -0.39 is 17.8 Å². The SMILES string of the molecule is CC(=O)N1CCc2cc(NC(=O)C(NC(=O)c3ccc(F)cc3)C(C)C)ccc21. The van der Waals surface area contributed by atoms with Crippen LogP contribution in [0, 0.1) is 11.7 Å². The Labute approximate surface area is 169 Å². The zero-order chi connectivity index (χ0) is 21.1. The number of carbonyl (C=O) groups is 3. The van der Waals surface area contributed by atoms with Crippen molar-refractivity contribution in [2.24, 2.45) is 5.92 Å². The Bertz CT molecular complexity index is 941. The van der Waals surface area contributed by atoms with Crippen molar-refractivity contribution in [1.29, 1.82) is 0 Å². The Kier molecular flexibility index (Phi) is 5.96. The second-order valence-corrected chi connectivity index (χ2v) is 7.46. The standard InChI is InChI=1S/C22H24FN3O3/c1-13(2)20(25-21(28)15-4-6-17(23)7-5-15)22(29)24-18-8-9-19-16(12-18)10-11-26(19)14(3)27/h4-9,12-13,20H,10-11H2,1-3H3,(H,24,29)(H,25,28). The highest BCUT2D eigenvalue weighted by Gasteiger charge is 2.26. The summed E-state index contributed by atoms with van der Waals surface area (Å²) in [7, 11) is 0. The fraction of sp³-hybridized carbons (Fsp3) is 0.318. The molecule has 0 saturated heterocycles. The van der Waals surface area contributed by atoms with E-state index in [-0.39, 0.29) is 23.3 Å². The summed E-state index contributed by atoms with van der Waals surface area (Å²) >= 11 is 0. The van der Waals surface area contributed by atoms with E-state index in [2.05, 4.69) is 10.6 Å². The topological polar surface area (TPSA) is 78.5 Å². The Hall–Kier alpha value is -3.22. The van der Waals surface area contributed by atoms with Gasteiger partial charge in [0.15, 0.2) is 0 Å². The number of amides is 3. The van der Waals surface area contributed by atoms with Crippen molar-refractivity contribution < 1.29 is 18.8 Å². The van der Waals surface area contributed by atoms with Crippen molar-refractivity contribution >= 4 is 29.1 Å². The van der Waals surface area contributed by atoms with Crippen LogP contribution in [0.5, 0.6) is 0 Å². The zero-order valence-electron chi connectivity index (χ0n) is 16.7. The molecule has 3 amide bonds. The molecule has 2 N–H and O–H groups in total. The van der Waals surface area contributed by atoms with Crippen molar-refractivity contribution in [3.05, 3.63) is 59.4 Å². The summed E-state index contributed by atoms with van der Waals surface area (Å²) in [5.74, 6) is -1.37. The maximum atomic E-state index is 13.1. The monoisotopic (exact) mass is 397 g/mol. The lowest BCUT2D eigenvalue weighted by molar-refractivity contribution is -0.119. The molecule has 7 heteroatoms. The lowest BCUT2D eigenvalue weighted by Crippen LogP contribution is -2.47. The first kappa shape index (κ1) is 20.5. The molecule has 6 nitrogen and oxygen atoms in total. The van der Waals surface area contributed by atoms with Crippen LogP contribution in [0.1, 0.15) is 36.7 Å². The molecule has 2 aromatic rings. The predicted molar refractivity (Wildman–Crippen MR) is 109 cm³/mol. The number of fused-ring (bicyclic) bond motifs is 1. The zero-order valence-corrected chi connectivity index (χ0v) is 16.7. The van der Waals surface area contributed by atoms with Gasteiger partial charge in [0, 0.05) is 30.4 Å². The van der Waals surface area contributed by atoms with Gasteiger partial charge in [0.05, 0.1) is 0 Å². The molecule has 0 saturated carbocycles. The summed E-state index contributed by atoms with van der Waals surface area (Å²) in [6.07, 6.45) is 0.730. The molecule has 1 aliphatic rings. The van der Waals surface area contributed by atoms with Crippen LogP contribution in [-0.4, -0.2) is 30.3 Å². The van der Waals surface area contributed by atoms with Crippen molar-refractivity contribution in [3.8, 4) is 0 Å². The molecule has 29 heavy (non-hydrogen) atoms. The van der Waals surface area contributed by atoms with E-state index >= 15 is 0 Å². The lowest BCUT2D eigenvalue weighted by atomic mass is 10.0. The minimum absolute atomic E-state index is 0.0103. The minimum Gasteiger partial charge on any atom is -0.340 e. The smallest absolute Gasteiger partial charge is 0.251 e. The van der Waals surface area contributed by atoms with Gasteiger partial charge in [-0.05, 0) is 60.4 Å². The fourth-order valence-corrected chi connectivity index (χ4v) is 3.39. The first-order valence-corrected chi connectivity index (χ1v) is 9.54. The third kappa shape index (κ3) is 4.62. The van der Waals surface area contributed by atoms with E-state index in [1.807, 2.05) is 26.0 Å². The van der Waals surface area contributed by atoms with Gasteiger partial charge < -0.3 is 15.5 Å². The van der Waals surface area contributed by atoms with Gasteiger partial charge in [0.25, 0.3) is 5.91 Å². The van der Waals surface area contributed by atoms with E-state index in [1.165, 1.54) is 31.2 Å². The van der Waals surface area contributed by atoms with Crippen LogP contribution < -0.4 is 15.5 Å². The number of rotatable bonds is 5. The molecule has 0 aliphatic carbocycles. The number of benzene rings is 2. The summed E-state index contributed by atoms with van der Waals surface area (Å²) < 4.78 is 13.1. The largest absolute Gasteiger partial charge is 0.340 e. The Morgan fingerprint density at radius 3 is 2.38 bits per heavy atom. The predicted octanol–water partition coefficient (Wildman–Crippen LogP) is 3.13. The van der Waals surface area contributed by atoms with Crippen LogP contribution in [-0.2, 0) is 16.0 Å². The molecule has 0 aromatic heterocycles. The molecule has 1 aliphatic heterocycles. The summed E-state index contributed by atoms with van der Waals surface area (Å²) in [5, 5.41) is 5.57. The van der Waals surface area contributed by atoms with Gasteiger partial charge in [0.2, 0.25) is 11.8 Å². The van der Waals surface area contributed by atoms with Crippen LogP contribution in [0.4, 0.5) is 15.8 Å². The van der Waals surface area contributed by atoms with E-state index in [4.69, 9.17) is 0 Å². The molecular weight excluding hydrogens is 373 g/mol. The van der Waals surface area contributed by atoms with Gasteiger partial charge in [-0.25, -0.2) is 4.39 Å². The number of anilines is 2. The maximum Gasteiger partial charge on any atom is 0.251 e. The molecule has 2 aromatic carbocycles. The average Bonchev–Trinajstić information content (AvgIpc) is 3.09. The number of nitrogens with one attached hydrogen (secondary N) is 2. The van der Waals surface area contributed by atoms with E-state index in [1.54, 1.807) is 11.0 Å². The van der Waals surface area contributed by atoms with Gasteiger partial charge in [-0.2, -0.15) is 0 Å². The highest BCUT2D eigenvalue weighted by Crippen LogP contribution is 2.30. The molecule has 0 radical (unpaired) electrons. The quantitative estimate of drug-likeness (QED) is 0.814. The van der Waals surface area contributed by atoms with Crippen LogP contribution in [0.25, 0.3) is 0 Å². The lowest BCUT2D eigenvalue weighted by Gasteiger charge is -2.22. The van der Waals surface area contributed by atoms with Crippen LogP contribution in [0.15, 0.2) is 42.5 Å². The first-order valence-electron chi connectivity index (χ1n) is 9.54. The second-order valence-electron chi connectivity index (χ2n) is 7.46. The van der Waals surface area contributed by atoms with Crippen molar-refractivity contribution in [2.75, 3.05) is 16.8 Å². The molecule has 0 bridgehead atoms. The molecule has 1 unspecified atom stereocenters. The van der Waals surface area contributed by atoms with Gasteiger partial charge in [-0.15, -0.1) is 0 Å². The van der Waals surface area contributed by atoms with Crippen LogP contribution >= 0.6 is 0 Å². The number of hydrogen-bond donors (Lipinski definition) is 2. The summed E-state index contributed by atoms with van der Waals surface area (Å²) in [5.41, 5.74) is 2.75. The molecule has 1 heterocycles. The van der Waals surface area contributed by atoms with Crippen molar-refractivity contribution in [2.45, 2.75) is 33.2 Å². The highest BCUT2D eigenvalue weighted by molar-refractivity contribution is 6.01. The van der Waals surface area contributed by atoms with Crippen LogP contribution in [0.2, 0.25) is 0 Å². The number of halogens is 1. The summed E-state index contributed by atoms with van der Waals surface area (Å²) in [4.78, 5) is 38.6. The van der Waals surface area contributed by atoms with Crippen molar-refractivity contribution in [1.82, 2.24) is 5.32 Å². The van der Waals surface area contributed by atoms with Gasteiger partial charge >= 0.3 is 0 Å². The maximum absolute atomic E-state index is 13.1. The molecule has 0 spiro atoms. The third-order valence-electron chi connectivity index (χ3n) is 4.96. The average molecular weight is 397 g/mol. The molecule has 152 valence electrons. The van der Waals surface area contributed by atoms with Crippen molar-refractivity contribution in [3.63, 3.8) is 0 Å². The Balaban J connectivity index is 1.71. The van der Waals surface area contributed by atoms with E-state index in [0.29, 0.717) is 12.2 Å². The second kappa shape index (κ2) is 8.43. The molecule has 1 atom stereocenters. The van der Waals surface area contributed by atoms with E-state index in [0.717, 1.165) is 17.7 Å². The number of carbonyl (C=O) groups excluding carboxylic acids is 3. The third-order valence-corrected chi connectivity index (χ3v) is 4.96. The van der Waals surface area contributed by atoms with Gasteiger partial charge in [0.1, 0.15) is 11.9 Å². The van der Waals surface area contributed by atoms with Gasteiger partial charge in [-0.1, -0.05) is 13.8 Å². The van der Waals surface area contributed by atoms with E-state index in [9.17, 15) is 18.8 Å². The Morgan fingerprint density at radius 1 is 1.07 bits per heavy atom. The molecule has 0 fully saturated rings. The van der Waals surface area contributed by atoms with Gasteiger partial charge in [-0.3, -0.25) is 14.4 Å². The summed E-state index contributed by atoms with van der Waals surface area (Å²) in [6.45, 7) is 5.83. The number of hydrogen-bond acceptors (Lipinski definition) is 3. The van der Waals surface area contributed by atoms with Crippen LogP contribution in [0.3, 0.4) is 0 Å². The summed E-state index contributed by atoms with van der Waals surface area (Å²) in [6, 6.07) is 9.83. The fourth-order valence-electron chi connectivity index (χ4n) is 3.39. The highest BCUT2D eigenvalue weighted by atomic mass is 19.1. The normalized spacial score (nSPS) is 13.8. The number of nitrogens with zero attached hydrogens (tertiary/aromatic N) is 1. The molecule has 3 rings (SSSR count). The molecular formula is C22H24FN3O3.